The van der Waals surface area contributed by atoms with Crippen molar-refractivity contribution in [3.05, 3.63) is 81.1 Å². The maximum atomic E-state index is 12.4. The lowest BCUT2D eigenvalue weighted by Gasteiger charge is -2.10. The van der Waals surface area contributed by atoms with E-state index in [0.717, 1.165) is 17.0 Å². The van der Waals surface area contributed by atoms with Crippen LogP contribution in [0.3, 0.4) is 0 Å². The number of halogens is 2. The summed E-state index contributed by atoms with van der Waals surface area (Å²) in [5.41, 5.74) is 3.29. The monoisotopic (exact) mass is 403 g/mol. The molecule has 0 bridgehead atoms. The van der Waals surface area contributed by atoms with Crippen molar-refractivity contribution in [2.24, 2.45) is 7.05 Å². The molecule has 0 radical (unpaired) electrons. The van der Waals surface area contributed by atoms with Gasteiger partial charge in [0.1, 0.15) is 12.4 Å². The molecule has 3 aromatic rings. The zero-order chi connectivity index (χ0) is 19.4. The van der Waals surface area contributed by atoms with E-state index < -0.39 is 0 Å². The number of nitrogens with zero attached hydrogens (tertiary/aromatic N) is 2. The second-order valence-electron chi connectivity index (χ2n) is 6.15. The van der Waals surface area contributed by atoms with Gasteiger partial charge in [0.05, 0.1) is 23.0 Å². The van der Waals surface area contributed by atoms with Crippen LogP contribution in [-0.4, -0.2) is 15.7 Å². The Morgan fingerprint density at radius 1 is 1.19 bits per heavy atom. The van der Waals surface area contributed by atoms with Crippen LogP contribution < -0.4 is 10.1 Å². The second-order valence-corrected chi connectivity index (χ2v) is 6.99. The van der Waals surface area contributed by atoms with Gasteiger partial charge in [0, 0.05) is 17.6 Å². The van der Waals surface area contributed by atoms with E-state index in [1.54, 1.807) is 35.0 Å². The highest BCUT2D eigenvalue weighted by molar-refractivity contribution is 6.35. The summed E-state index contributed by atoms with van der Waals surface area (Å²) >= 11 is 12.0. The minimum atomic E-state index is -0.153. The van der Waals surface area contributed by atoms with Crippen molar-refractivity contribution in [3.63, 3.8) is 0 Å². The molecule has 0 aliphatic heterocycles. The van der Waals surface area contributed by atoms with Crippen molar-refractivity contribution in [2.45, 2.75) is 20.1 Å². The number of carbonyl (C=O) groups excluding carboxylic acids is 1. The Kier molecular flexibility index (Phi) is 6.04. The molecule has 3 rings (SSSR count). The van der Waals surface area contributed by atoms with Crippen LogP contribution in [0.5, 0.6) is 5.75 Å². The fourth-order valence-corrected chi connectivity index (χ4v) is 3.12. The Hall–Kier alpha value is -2.50. The Balaban J connectivity index is 1.62. The van der Waals surface area contributed by atoms with E-state index in [9.17, 15) is 4.79 Å². The predicted molar refractivity (Wildman–Crippen MR) is 106 cm³/mol. The molecule has 1 heterocycles. The van der Waals surface area contributed by atoms with E-state index in [2.05, 4.69) is 10.4 Å². The summed E-state index contributed by atoms with van der Waals surface area (Å²) in [5, 5.41) is 8.18. The Morgan fingerprint density at radius 2 is 2.00 bits per heavy atom. The molecule has 1 aromatic heterocycles. The average molecular weight is 404 g/mol. The summed E-state index contributed by atoms with van der Waals surface area (Å²) < 4.78 is 7.49. The van der Waals surface area contributed by atoms with Gasteiger partial charge in [-0.3, -0.25) is 9.48 Å². The number of carbonyl (C=O) groups is 1. The molecule has 1 amide bonds. The number of nitrogens with one attached hydrogen (secondary N) is 1. The van der Waals surface area contributed by atoms with Crippen LogP contribution in [0.25, 0.3) is 0 Å². The Labute approximate surface area is 167 Å². The molecular formula is C20H19Cl2N3O2. The van der Waals surface area contributed by atoms with Crippen molar-refractivity contribution in [2.75, 3.05) is 0 Å². The number of ether oxygens (including phenoxy) is 1. The molecule has 0 aliphatic carbocycles. The highest BCUT2D eigenvalue weighted by atomic mass is 35.5. The topological polar surface area (TPSA) is 56.1 Å². The van der Waals surface area contributed by atoms with Gasteiger partial charge in [-0.2, -0.15) is 5.10 Å². The van der Waals surface area contributed by atoms with Gasteiger partial charge in [0.2, 0.25) is 0 Å². The maximum Gasteiger partial charge on any atom is 0.251 e. The van der Waals surface area contributed by atoms with Crippen molar-refractivity contribution in [1.82, 2.24) is 15.1 Å². The van der Waals surface area contributed by atoms with Gasteiger partial charge < -0.3 is 10.1 Å². The first kappa shape index (κ1) is 19.3. The second kappa shape index (κ2) is 8.46. The van der Waals surface area contributed by atoms with E-state index in [1.165, 1.54) is 0 Å². The van der Waals surface area contributed by atoms with Crippen LogP contribution in [0.15, 0.2) is 48.5 Å². The smallest absolute Gasteiger partial charge is 0.251 e. The molecule has 27 heavy (non-hydrogen) atoms. The Morgan fingerprint density at radius 3 is 2.70 bits per heavy atom. The van der Waals surface area contributed by atoms with E-state index in [0.29, 0.717) is 34.5 Å². The van der Waals surface area contributed by atoms with Gasteiger partial charge in [-0.25, -0.2) is 0 Å². The van der Waals surface area contributed by atoms with Crippen molar-refractivity contribution < 1.29 is 9.53 Å². The van der Waals surface area contributed by atoms with Crippen LogP contribution in [0.2, 0.25) is 10.0 Å². The third-order valence-electron chi connectivity index (χ3n) is 4.01. The number of amides is 1. The largest absolute Gasteiger partial charge is 0.487 e. The van der Waals surface area contributed by atoms with Crippen LogP contribution in [-0.2, 0) is 20.2 Å². The normalized spacial score (nSPS) is 10.7. The van der Waals surface area contributed by atoms with Crippen LogP contribution >= 0.6 is 23.2 Å². The molecule has 0 spiro atoms. The first-order chi connectivity index (χ1) is 12.9. The summed E-state index contributed by atoms with van der Waals surface area (Å²) in [6.45, 7) is 2.63. The van der Waals surface area contributed by atoms with Crippen LogP contribution in [0, 0.1) is 6.92 Å². The van der Waals surface area contributed by atoms with Crippen molar-refractivity contribution in [1.29, 1.82) is 0 Å². The first-order valence-electron chi connectivity index (χ1n) is 8.37. The fourth-order valence-electron chi connectivity index (χ4n) is 2.66. The maximum absolute atomic E-state index is 12.4. The van der Waals surface area contributed by atoms with Gasteiger partial charge in [0.25, 0.3) is 5.91 Å². The molecule has 0 unspecified atom stereocenters. The molecule has 0 saturated carbocycles. The molecule has 7 heteroatoms. The minimum Gasteiger partial charge on any atom is -0.487 e. The highest BCUT2D eigenvalue weighted by Crippen LogP contribution is 2.28. The first-order valence-corrected chi connectivity index (χ1v) is 9.12. The quantitative estimate of drug-likeness (QED) is 0.656. The van der Waals surface area contributed by atoms with Gasteiger partial charge in [-0.1, -0.05) is 35.3 Å². The van der Waals surface area contributed by atoms with Gasteiger partial charge in [0.15, 0.2) is 0 Å². The summed E-state index contributed by atoms with van der Waals surface area (Å²) in [5.74, 6) is 0.391. The lowest BCUT2D eigenvalue weighted by Crippen LogP contribution is -2.24. The summed E-state index contributed by atoms with van der Waals surface area (Å²) in [7, 11) is 1.86. The summed E-state index contributed by atoms with van der Waals surface area (Å²) in [6, 6.07) is 14.3. The molecule has 0 fully saturated rings. The molecule has 5 nitrogen and oxygen atoms in total. The molecule has 0 atom stereocenters. The summed E-state index contributed by atoms with van der Waals surface area (Å²) in [6.07, 6.45) is 0. The molecule has 0 saturated heterocycles. The third-order valence-corrected chi connectivity index (χ3v) is 4.54. The molecule has 140 valence electrons. The van der Waals surface area contributed by atoms with Gasteiger partial charge >= 0.3 is 0 Å². The molecule has 0 aliphatic rings. The van der Waals surface area contributed by atoms with E-state index >= 15 is 0 Å². The number of aromatic nitrogens is 2. The minimum absolute atomic E-state index is 0.153. The zero-order valence-corrected chi connectivity index (χ0v) is 16.5. The number of hydrogen-bond acceptors (Lipinski definition) is 3. The standard InChI is InChI=1S/C20H19Cl2N3O2/c1-13-8-17(25(2)24-13)11-23-20(26)15-5-3-4-14(9-15)12-27-19-7-6-16(21)10-18(19)22/h3-10H,11-12H2,1-2H3,(H,23,26). The average Bonchev–Trinajstić information content (AvgIpc) is 2.96. The van der Waals surface area contributed by atoms with Crippen molar-refractivity contribution >= 4 is 29.1 Å². The fraction of sp³-hybridized carbons (Fsp3) is 0.200. The molecule has 2 aromatic carbocycles. The number of hydrogen-bond donors (Lipinski definition) is 1. The van der Waals surface area contributed by atoms with Crippen LogP contribution in [0.4, 0.5) is 0 Å². The van der Waals surface area contributed by atoms with Gasteiger partial charge in [-0.05, 0) is 48.9 Å². The Bertz CT molecular complexity index is 970. The number of aryl methyl sites for hydroxylation is 2. The predicted octanol–water partition coefficient (Wildman–Crippen LogP) is 4.54. The third kappa shape index (κ3) is 5.02. The highest BCUT2D eigenvalue weighted by Gasteiger charge is 2.09. The number of rotatable bonds is 6. The molecule has 1 N–H and O–H groups in total. The van der Waals surface area contributed by atoms with E-state index in [4.69, 9.17) is 27.9 Å². The SMILES string of the molecule is Cc1cc(CNC(=O)c2cccc(COc3ccc(Cl)cc3Cl)c2)n(C)n1. The zero-order valence-electron chi connectivity index (χ0n) is 15.0. The lowest BCUT2D eigenvalue weighted by atomic mass is 10.1. The molecular weight excluding hydrogens is 385 g/mol. The lowest BCUT2D eigenvalue weighted by molar-refractivity contribution is 0.0950. The van der Waals surface area contributed by atoms with Gasteiger partial charge in [-0.15, -0.1) is 0 Å². The number of benzene rings is 2. The van der Waals surface area contributed by atoms with E-state index in [1.807, 2.05) is 32.2 Å². The van der Waals surface area contributed by atoms with Crippen molar-refractivity contribution in [3.8, 4) is 5.75 Å². The van der Waals surface area contributed by atoms with E-state index in [-0.39, 0.29) is 5.91 Å². The summed E-state index contributed by atoms with van der Waals surface area (Å²) in [4.78, 5) is 12.4. The van der Waals surface area contributed by atoms with Crippen LogP contribution in [0.1, 0.15) is 27.3 Å².